The van der Waals surface area contributed by atoms with E-state index in [1.165, 1.54) is 89.9 Å². The maximum Gasteiger partial charge on any atom is 0.222 e. The molecule has 0 spiro atoms. The third kappa shape index (κ3) is 28.5. The van der Waals surface area contributed by atoms with Crippen LogP contribution in [0.25, 0.3) is 0 Å². The van der Waals surface area contributed by atoms with E-state index in [1.807, 2.05) is 6.08 Å². The highest BCUT2D eigenvalue weighted by atomic mass is 16.3. The Balaban J connectivity index is 3.75. The molecule has 5 heteroatoms. The standard InChI is InChI=1S/C36H67NO4/c1-3-5-7-9-11-13-15-16-17-18-19-20-21-23-25-27-29-33(39)31-36(41)37-34(32-38)35(40)30-28-26-24-22-14-12-10-8-6-4-2/h6,8,14,22,28,30,33-35,38-40H,3-5,7,9-13,15-21,23-27,29,31-32H2,1-2H3,(H,37,41)/b8-6+,22-14+,30-28+. The van der Waals surface area contributed by atoms with Crippen LogP contribution in [0.5, 0.6) is 0 Å². The zero-order valence-corrected chi connectivity index (χ0v) is 26.9. The zero-order chi connectivity index (χ0) is 30.2. The van der Waals surface area contributed by atoms with Gasteiger partial charge >= 0.3 is 0 Å². The van der Waals surface area contributed by atoms with Gasteiger partial charge in [-0.3, -0.25) is 4.79 Å². The Hall–Kier alpha value is -1.43. The van der Waals surface area contributed by atoms with Gasteiger partial charge in [0.1, 0.15) is 0 Å². The molecule has 0 heterocycles. The zero-order valence-electron chi connectivity index (χ0n) is 26.9. The first kappa shape index (κ1) is 39.6. The molecule has 3 unspecified atom stereocenters. The maximum atomic E-state index is 12.3. The molecule has 3 atom stereocenters. The summed E-state index contributed by atoms with van der Waals surface area (Å²) in [7, 11) is 0. The van der Waals surface area contributed by atoms with E-state index in [-0.39, 0.29) is 18.9 Å². The number of hydrogen-bond acceptors (Lipinski definition) is 4. The smallest absolute Gasteiger partial charge is 0.222 e. The summed E-state index contributed by atoms with van der Waals surface area (Å²) in [5.41, 5.74) is 0. The van der Waals surface area contributed by atoms with E-state index in [9.17, 15) is 20.1 Å². The quantitative estimate of drug-likeness (QED) is 0.0507. The van der Waals surface area contributed by atoms with Crippen LogP contribution in [0.15, 0.2) is 36.5 Å². The predicted octanol–water partition coefficient (Wildman–Crippen LogP) is 8.87. The summed E-state index contributed by atoms with van der Waals surface area (Å²) < 4.78 is 0. The molecule has 0 aliphatic carbocycles. The Bertz CT molecular complexity index is 645. The van der Waals surface area contributed by atoms with Gasteiger partial charge in [0, 0.05) is 0 Å². The summed E-state index contributed by atoms with van der Waals surface area (Å²) in [5, 5.41) is 32.9. The van der Waals surface area contributed by atoms with Crippen LogP contribution >= 0.6 is 0 Å². The highest BCUT2D eigenvalue weighted by Gasteiger charge is 2.20. The second-order valence-electron chi connectivity index (χ2n) is 11.7. The minimum absolute atomic E-state index is 0.00388. The van der Waals surface area contributed by atoms with Gasteiger partial charge in [-0.25, -0.2) is 0 Å². The van der Waals surface area contributed by atoms with Gasteiger partial charge < -0.3 is 20.6 Å². The van der Waals surface area contributed by atoms with Crippen molar-refractivity contribution in [3.8, 4) is 0 Å². The second kappa shape index (κ2) is 31.5. The summed E-state index contributed by atoms with van der Waals surface area (Å²) in [6.45, 7) is 4.05. The number of hydrogen-bond donors (Lipinski definition) is 4. The average Bonchev–Trinajstić information content (AvgIpc) is 2.96. The Morgan fingerprint density at radius 2 is 1.07 bits per heavy atom. The Labute approximate surface area is 254 Å². The predicted molar refractivity (Wildman–Crippen MR) is 176 cm³/mol. The summed E-state index contributed by atoms with van der Waals surface area (Å²) >= 11 is 0. The molecule has 0 aromatic carbocycles. The minimum atomic E-state index is -0.954. The van der Waals surface area contributed by atoms with Crippen LogP contribution in [-0.4, -0.2) is 46.1 Å². The summed E-state index contributed by atoms with van der Waals surface area (Å²) in [4.78, 5) is 12.3. The van der Waals surface area contributed by atoms with Gasteiger partial charge in [0.15, 0.2) is 0 Å². The SMILES string of the molecule is CC/C=C/CC/C=C/CC/C=C/C(O)C(CO)NC(=O)CC(O)CCCCCCCCCCCCCCCCCC. The molecule has 0 aliphatic rings. The molecule has 0 aromatic heterocycles. The molecule has 0 aliphatic heterocycles. The topological polar surface area (TPSA) is 89.8 Å². The number of nitrogens with one attached hydrogen (secondary N) is 1. The molecule has 4 N–H and O–H groups in total. The van der Waals surface area contributed by atoms with Crippen LogP contribution in [0, 0.1) is 0 Å². The molecule has 0 saturated carbocycles. The molecule has 0 saturated heterocycles. The molecule has 1 amide bonds. The van der Waals surface area contributed by atoms with Crippen LogP contribution in [0.2, 0.25) is 0 Å². The van der Waals surface area contributed by atoms with Crippen molar-refractivity contribution < 1.29 is 20.1 Å². The Morgan fingerprint density at radius 1 is 0.634 bits per heavy atom. The van der Waals surface area contributed by atoms with Crippen molar-refractivity contribution in [2.24, 2.45) is 0 Å². The number of unbranched alkanes of at least 4 members (excludes halogenated alkanes) is 17. The highest BCUT2D eigenvalue weighted by molar-refractivity contribution is 5.76. The van der Waals surface area contributed by atoms with E-state index < -0.39 is 18.2 Å². The fourth-order valence-electron chi connectivity index (χ4n) is 5.02. The van der Waals surface area contributed by atoms with Crippen LogP contribution in [-0.2, 0) is 4.79 Å². The second-order valence-corrected chi connectivity index (χ2v) is 11.7. The summed E-state index contributed by atoms with van der Waals surface area (Å²) in [6, 6.07) is -0.762. The first-order valence-electron chi connectivity index (χ1n) is 17.3. The molecule has 5 nitrogen and oxygen atoms in total. The van der Waals surface area contributed by atoms with Crippen molar-refractivity contribution in [3.05, 3.63) is 36.5 Å². The number of aliphatic hydroxyl groups excluding tert-OH is 3. The van der Waals surface area contributed by atoms with Gasteiger partial charge in [-0.2, -0.15) is 0 Å². The lowest BCUT2D eigenvalue weighted by Crippen LogP contribution is -2.45. The van der Waals surface area contributed by atoms with Gasteiger partial charge in [0.05, 0.1) is 31.3 Å². The van der Waals surface area contributed by atoms with E-state index in [4.69, 9.17) is 0 Å². The molecular weight excluding hydrogens is 510 g/mol. The number of allylic oxidation sites excluding steroid dienone is 5. The molecule has 0 radical (unpaired) electrons. The van der Waals surface area contributed by atoms with Crippen molar-refractivity contribution in [2.75, 3.05) is 6.61 Å². The van der Waals surface area contributed by atoms with Gasteiger partial charge in [-0.1, -0.05) is 153 Å². The highest BCUT2D eigenvalue weighted by Crippen LogP contribution is 2.15. The molecule has 0 rings (SSSR count). The normalized spacial score (nSPS) is 14.4. The van der Waals surface area contributed by atoms with Crippen molar-refractivity contribution in [1.29, 1.82) is 0 Å². The first-order chi connectivity index (χ1) is 20.0. The van der Waals surface area contributed by atoms with E-state index in [2.05, 4.69) is 43.5 Å². The molecule has 0 bridgehead atoms. The van der Waals surface area contributed by atoms with Gasteiger partial charge in [0.25, 0.3) is 0 Å². The summed E-state index contributed by atoms with van der Waals surface area (Å²) in [5.74, 6) is -0.333. The number of aliphatic hydroxyl groups is 3. The number of rotatable bonds is 30. The van der Waals surface area contributed by atoms with Crippen molar-refractivity contribution in [1.82, 2.24) is 5.32 Å². The number of carbonyl (C=O) groups excluding carboxylic acids is 1. The molecule has 41 heavy (non-hydrogen) atoms. The van der Waals surface area contributed by atoms with Crippen LogP contribution in [0.3, 0.4) is 0 Å². The first-order valence-corrected chi connectivity index (χ1v) is 17.3. The monoisotopic (exact) mass is 578 g/mol. The number of amides is 1. The van der Waals surface area contributed by atoms with Gasteiger partial charge in [0.2, 0.25) is 5.91 Å². The lowest BCUT2D eigenvalue weighted by Gasteiger charge is -2.21. The maximum absolute atomic E-state index is 12.3. The third-order valence-corrected chi connectivity index (χ3v) is 7.67. The number of carbonyl (C=O) groups is 1. The van der Waals surface area contributed by atoms with Crippen molar-refractivity contribution in [2.45, 2.75) is 180 Å². The van der Waals surface area contributed by atoms with E-state index in [0.29, 0.717) is 6.42 Å². The van der Waals surface area contributed by atoms with E-state index in [0.717, 1.165) is 44.9 Å². The Morgan fingerprint density at radius 3 is 1.54 bits per heavy atom. The average molecular weight is 578 g/mol. The van der Waals surface area contributed by atoms with Crippen LogP contribution in [0.1, 0.15) is 162 Å². The molecule has 240 valence electrons. The fourth-order valence-corrected chi connectivity index (χ4v) is 5.02. The molecule has 0 aromatic rings. The van der Waals surface area contributed by atoms with E-state index >= 15 is 0 Å². The fraction of sp³-hybridized carbons (Fsp3) is 0.806. The van der Waals surface area contributed by atoms with Crippen molar-refractivity contribution >= 4 is 5.91 Å². The lowest BCUT2D eigenvalue weighted by atomic mass is 10.0. The molecular formula is C36H67NO4. The third-order valence-electron chi connectivity index (χ3n) is 7.67. The van der Waals surface area contributed by atoms with Crippen LogP contribution < -0.4 is 5.32 Å². The van der Waals surface area contributed by atoms with Gasteiger partial charge in [-0.05, 0) is 38.5 Å². The largest absolute Gasteiger partial charge is 0.394 e. The van der Waals surface area contributed by atoms with Crippen molar-refractivity contribution in [3.63, 3.8) is 0 Å². The lowest BCUT2D eigenvalue weighted by molar-refractivity contribution is -0.124. The molecule has 0 fully saturated rings. The summed E-state index contributed by atoms with van der Waals surface area (Å²) in [6.07, 6.45) is 37.0. The van der Waals surface area contributed by atoms with Crippen LogP contribution in [0.4, 0.5) is 0 Å². The minimum Gasteiger partial charge on any atom is -0.394 e. The van der Waals surface area contributed by atoms with E-state index in [1.54, 1.807) is 6.08 Å². The Kier molecular flexibility index (Phi) is 30.4. The van der Waals surface area contributed by atoms with Gasteiger partial charge in [-0.15, -0.1) is 0 Å².